The second kappa shape index (κ2) is 7.70. The van der Waals surface area contributed by atoms with E-state index in [-0.39, 0.29) is 0 Å². The second-order valence-corrected chi connectivity index (χ2v) is 4.99. The summed E-state index contributed by atoms with van der Waals surface area (Å²) in [7, 11) is 5.38. The van der Waals surface area contributed by atoms with Gasteiger partial charge in [-0.25, -0.2) is 0 Å². The minimum absolute atomic E-state index is 0.346. The molecule has 21 heavy (non-hydrogen) atoms. The molecule has 0 amide bonds. The van der Waals surface area contributed by atoms with Crippen molar-refractivity contribution in [2.24, 2.45) is 0 Å². The predicted molar refractivity (Wildman–Crippen MR) is 86.4 cm³/mol. The van der Waals surface area contributed by atoms with Crippen LogP contribution in [-0.4, -0.2) is 27.8 Å². The summed E-state index contributed by atoms with van der Waals surface area (Å²) in [5.74, 6) is 2.13. The number of benzene rings is 2. The van der Waals surface area contributed by atoms with Crippen LogP contribution in [0.25, 0.3) is 0 Å². The number of nitrogens with one attached hydrogen (secondary N) is 1. The van der Waals surface area contributed by atoms with Crippen LogP contribution in [-0.2, 0) is 0 Å². The van der Waals surface area contributed by atoms with Gasteiger partial charge in [0.2, 0.25) is 0 Å². The van der Waals surface area contributed by atoms with Crippen molar-refractivity contribution in [2.45, 2.75) is 12.3 Å². The van der Waals surface area contributed by atoms with Gasteiger partial charge in [0.25, 0.3) is 0 Å². The third-order valence-corrected chi connectivity index (χ3v) is 3.70. The summed E-state index contributed by atoms with van der Waals surface area (Å²) in [6.07, 6.45) is 1.04. The van der Waals surface area contributed by atoms with E-state index in [1.807, 2.05) is 31.3 Å². The van der Waals surface area contributed by atoms with E-state index in [2.05, 4.69) is 29.6 Å². The van der Waals surface area contributed by atoms with Crippen LogP contribution in [0.4, 0.5) is 0 Å². The van der Waals surface area contributed by atoms with Gasteiger partial charge < -0.3 is 14.8 Å². The Morgan fingerprint density at radius 3 is 2.24 bits per heavy atom. The van der Waals surface area contributed by atoms with E-state index in [1.165, 1.54) is 11.1 Å². The Bertz CT molecular complexity index is 551. The zero-order valence-corrected chi connectivity index (χ0v) is 12.9. The molecule has 1 N–H and O–H groups in total. The quantitative estimate of drug-likeness (QED) is 0.845. The van der Waals surface area contributed by atoms with Crippen molar-refractivity contribution < 1.29 is 9.47 Å². The smallest absolute Gasteiger partial charge is 0.119 e. The van der Waals surface area contributed by atoms with Crippen LogP contribution in [0.2, 0.25) is 0 Å². The molecule has 0 aliphatic heterocycles. The molecular formula is C18H23NO2. The molecule has 112 valence electrons. The highest BCUT2D eigenvalue weighted by atomic mass is 16.5. The van der Waals surface area contributed by atoms with Crippen LogP contribution in [0.1, 0.15) is 23.5 Å². The van der Waals surface area contributed by atoms with Crippen molar-refractivity contribution in [3.8, 4) is 11.5 Å². The molecule has 0 spiro atoms. The number of rotatable bonds is 7. The Morgan fingerprint density at radius 1 is 0.905 bits per heavy atom. The summed E-state index contributed by atoms with van der Waals surface area (Å²) < 4.78 is 10.6. The molecule has 0 aliphatic carbocycles. The minimum atomic E-state index is 0.346. The first-order valence-corrected chi connectivity index (χ1v) is 7.21. The highest BCUT2D eigenvalue weighted by molar-refractivity contribution is 5.39. The summed E-state index contributed by atoms with van der Waals surface area (Å²) in [6, 6.07) is 16.6. The van der Waals surface area contributed by atoms with E-state index in [1.54, 1.807) is 14.2 Å². The Hall–Kier alpha value is -2.00. The van der Waals surface area contributed by atoms with Gasteiger partial charge >= 0.3 is 0 Å². The number of ether oxygens (including phenoxy) is 2. The summed E-state index contributed by atoms with van der Waals surface area (Å²) in [5, 5.41) is 3.23. The maximum Gasteiger partial charge on any atom is 0.119 e. The first kappa shape index (κ1) is 15.4. The van der Waals surface area contributed by atoms with E-state index in [4.69, 9.17) is 9.47 Å². The van der Waals surface area contributed by atoms with Crippen molar-refractivity contribution >= 4 is 0 Å². The third-order valence-electron chi connectivity index (χ3n) is 3.70. The molecule has 0 bridgehead atoms. The maximum absolute atomic E-state index is 5.35. The SMILES string of the molecule is CNCCC(c1ccc(OC)cc1)c1cccc(OC)c1. The van der Waals surface area contributed by atoms with E-state index in [9.17, 15) is 0 Å². The molecule has 1 unspecified atom stereocenters. The summed E-state index contributed by atoms with van der Waals surface area (Å²) in [4.78, 5) is 0. The molecule has 3 heteroatoms. The Kier molecular flexibility index (Phi) is 5.64. The fourth-order valence-corrected chi connectivity index (χ4v) is 2.51. The molecule has 0 aromatic heterocycles. The molecule has 0 saturated heterocycles. The normalized spacial score (nSPS) is 12.0. The molecule has 0 radical (unpaired) electrons. The Morgan fingerprint density at radius 2 is 1.62 bits per heavy atom. The van der Waals surface area contributed by atoms with Gasteiger partial charge in [-0.2, -0.15) is 0 Å². The van der Waals surface area contributed by atoms with Gasteiger partial charge in [-0.1, -0.05) is 24.3 Å². The van der Waals surface area contributed by atoms with Crippen LogP contribution < -0.4 is 14.8 Å². The summed E-state index contributed by atoms with van der Waals surface area (Å²) in [5.41, 5.74) is 2.56. The molecule has 3 nitrogen and oxygen atoms in total. The zero-order valence-electron chi connectivity index (χ0n) is 12.9. The average Bonchev–Trinajstić information content (AvgIpc) is 2.56. The molecule has 0 saturated carbocycles. The lowest BCUT2D eigenvalue weighted by molar-refractivity contribution is 0.413. The third kappa shape index (κ3) is 3.99. The Balaban J connectivity index is 2.31. The lowest BCUT2D eigenvalue weighted by atomic mass is 9.88. The first-order chi connectivity index (χ1) is 10.3. The largest absolute Gasteiger partial charge is 0.497 e. The standard InChI is InChI=1S/C18H23NO2/c1-19-12-11-18(14-7-9-16(20-2)10-8-14)15-5-4-6-17(13-15)21-3/h4-10,13,18-19H,11-12H2,1-3H3. The van der Waals surface area contributed by atoms with Crippen LogP contribution >= 0.6 is 0 Å². The second-order valence-electron chi connectivity index (χ2n) is 4.99. The van der Waals surface area contributed by atoms with E-state index in [0.29, 0.717) is 5.92 Å². The number of hydrogen-bond acceptors (Lipinski definition) is 3. The molecule has 0 aliphatic rings. The predicted octanol–water partition coefficient (Wildman–Crippen LogP) is 3.45. The van der Waals surface area contributed by atoms with Crippen molar-refractivity contribution in [1.29, 1.82) is 0 Å². The topological polar surface area (TPSA) is 30.5 Å². The van der Waals surface area contributed by atoms with Crippen molar-refractivity contribution in [1.82, 2.24) is 5.32 Å². The average molecular weight is 285 g/mol. The highest BCUT2D eigenvalue weighted by Gasteiger charge is 2.14. The molecule has 1 atom stereocenters. The highest BCUT2D eigenvalue weighted by Crippen LogP contribution is 2.30. The fraction of sp³-hybridized carbons (Fsp3) is 0.333. The van der Waals surface area contributed by atoms with Crippen LogP contribution in [0.15, 0.2) is 48.5 Å². The van der Waals surface area contributed by atoms with Crippen LogP contribution in [0.5, 0.6) is 11.5 Å². The Labute approximate surface area is 126 Å². The van der Waals surface area contributed by atoms with Crippen molar-refractivity contribution in [2.75, 3.05) is 27.8 Å². The first-order valence-electron chi connectivity index (χ1n) is 7.21. The van der Waals surface area contributed by atoms with E-state index < -0.39 is 0 Å². The molecule has 0 fully saturated rings. The van der Waals surface area contributed by atoms with E-state index >= 15 is 0 Å². The van der Waals surface area contributed by atoms with Crippen molar-refractivity contribution in [3.05, 3.63) is 59.7 Å². The molecule has 0 heterocycles. The molecule has 2 aromatic rings. The molecule has 2 rings (SSSR count). The van der Waals surface area contributed by atoms with Gasteiger partial charge in [-0.15, -0.1) is 0 Å². The van der Waals surface area contributed by atoms with Crippen LogP contribution in [0.3, 0.4) is 0 Å². The number of hydrogen-bond donors (Lipinski definition) is 1. The van der Waals surface area contributed by atoms with Gasteiger partial charge in [-0.3, -0.25) is 0 Å². The lowest BCUT2D eigenvalue weighted by Gasteiger charge is -2.19. The zero-order chi connectivity index (χ0) is 15.1. The van der Waals surface area contributed by atoms with Crippen LogP contribution in [0, 0.1) is 0 Å². The minimum Gasteiger partial charge on any atom is -0.497 e. The molecular weight excluding hydrogens is 262 g/mol. The summed E-state index contributed by atoms with van der Waals surface area (Å²) in [6.45, 7) is 0.966. The maximum atomic E-state index is 5.35. The van der Waals surface area contributed by atoms with Gasteiger partial charge in [0.05, 0.1) is 14.2 Å². The monoisotopic (exact) mass is 285 g/mol. The fourth-order valence-electron chi connectivity index (χ4n) is 2.51. The van der Waals surface area contributed by atoms with E-state index in [0.717, 1.165) is 24.5 Å². The number of methoxy groups -OCH3 is 2. The van der Waals surface area contributed by atoms with Gasteiger partial charge in [0.1, 0.15) is 11.5 Å². The lowest BCUT2D eigenvalue weighted by Crippen LogP contribution is -2.13. The molecule has 2 aromatic carbocycles. The summed E-state index contributed by atoms with van der Waals surface area (Å²) >= 11 is 0. The van der Waals surface area contributed by atoms with Gasteiger partial charge in [0, 0.05) is 5.92 Å². The van der Waals surface area contributed by atoms with Gasteiger partial charge in [-0.05, 0) is 55.4 Å². The van der Waals surface area contributed by atoms with Crippen molar-refractivity contribution in [3.63, 3.8) is 0 Å². The van der Waals surface area contributed by atoms with Gasteiger partial charge in [0.15, 0.2) is 0 Å².